The van der Waals surface area contributed by atoms with Crippen LogP contribution in [0.3, 0.4) is 0 Å². The van der Waals surface area contributed by atoms with E-state index in [1.54, 1.807) is 11.8 Å². The Morgan fingerprint density at radius 2 is 2.04 bits per heavy atom. The van der Waals surface area contributed by atoms with E-state index in [1.807, 2.05) is 18.2 Å². The van der Waals surface area contributed by atoms with Crippen LogP contribution in [0.15, 0.2) is 29.2 Å². The van der Waals surface area contributed by atoms with Crippen molar-refractivity contribution >= 4 is 29.6 Å². The smallest absolute Gasteiger partial charge is 0.325 e. The maximum absolute atomic E-state index is 12.6. The summed E-state index contributed by atoms with van der Waals surface area (Å²) >= 11 is 1.79. The molecule has 2 heterocycles. The maximum atomic E-state index is 12.6. The third-order valence-electron chi connectivity index (χ3n) is 5.30. The van der Waals surface area contributed by atoms with Gasteiger partial charge in [0.2, 0.25) is 5.91 Å². The second-order valence-corrected chi connectivity index (χ2v) is 8.04. The van der Waals surface area contributed by atoms with Crippen molar-refractivity contribution in [3.63, 3.8) is 0 Å². The number of thioether (sulfide) groups is 1. The third kappa shape index (κ3) is 2.90. The highest BCUT2D eigenvalue weighted by atomic mass is 32.2. The Hall–Kier alpha value is -2.02. The lowest BCUT2D eigenvalue weighted by Gasteiger charge is -2.26. The predicted octanol–water partition coefficient (Wildman–Crippen LogP) is 2.20. The molecule has 4 rings (SSSR count). The van der Waals surface area contributed by atoms with Gasteiger partial charge < -0.3 is 10.6 Å². The van der Waals surface area contributed by atoms with Crippen LogP contribution < -0.4 is 10.6 Å². The van der Waals surface area contributed by atoms with Crippen LogP contribution in [-0.2, 0) is 9.59 Å². The van der Waals surface area contributed by atoms with E-state index < -0.39 is 11.6 Å². The van der Waals surface area contributed by atoms with E-state index in [-0.39, 0.29) is 24.4 Å². The summed E-state index contributed by atoms with van der Waals surface area (Å²) in [6.45, 7) is -0.210. The van der Waals surface area contributed by atoms with E-state index in [0.29, 0.717) is 12.8 Å². The molecule has 4 amide bonds. The summed E-state index contributed by atoms with van der Waals surface area (Å²) in [5.41, 5.74) is 0.349. The van der Waals surface area contributed by atoms with Crippen LogP contribution in [0.4, 0.5) is 4.79 Å². The van der Waals surface area contributed by atoms with Crippen molar-refractivity contribution in [1.29, 1.82) is 0 Å². The van der Waals surface area contributed by atoms with Gasteiger partial charge in [-0.2, -0.15) is 0 Å². The number of nitrogens with one attached hydrogen (secondary N) is 2. The largest absolute Gasteiger partial charge is 0.348 e. The second-order valence-electron chi connectivity index (χ2n) is 6.91. The first-order valence-corrected chi connectivity index (χ1v) is 9.73. The first kappa shape index (κ1) is 16.4. The van der Waals surface area contributed by atoms with Crippen molar-refractivity contribution in [3.8, 4) is 0 Å². The monoisotopic (exact) mass is 359 g/mol. The molecular formula is C18H21N3O3S. The van der Waals surface area contributed by atoms with Crippen LogP contribution in [0.2, 0.25) is 0 Å². The fourth-order valence-corrected chi connectivity index (χ4v) is 5.14. The molecule has 25 heavy (non-hydrogen) atoms. The van der Waals surface area contributed by atoms with Gasteiger partial charge in [-0.1, -0.05) is 31.0 Å². The number of nitrogens with zero attached hydrogens (tertiary/aromatic N) is 1. The molecule has 3 aliphatic rings. The zero-order chi connectivity index (χ0) is 17.4. The van der Waals surface area contributed by atoms with E-state index in [1.165, 1.54) is 4.90 Å². The predicted molar refractivity (Wildman–Crippen MR) is 94.1 cm³/mol. The number of benzene rings is 1. The van der Waals surface area contributed by atoms with Gasteiger partial charge in [0.15, 0.2) is 0 Å². The summed E-state index contributed by atoms with van der Waals surface area (Å²) in [5.74, 6) is 0.406. The average molecular weight is 359 g/mol. The molecule has 1 saturated heterocycles. The molecule has 1 aromatic carbocycles. The average Bonchev–Trinajstić information content (AvgIpc) is 3.16. The molecular weight excluding hydrogens is 338 g/mol. The molecule has 1 unspecified atom stereocenters. The standard InChI is InChI=1S/C18H21N3O3S/c22-15(19-13-7-10-25-14-6-2-1-5-12(13)14)11-21-16(23)18(20-17(21)24)8-3-4-9-18/h1-2,5-6,13H,3-4,7-11H2,(H,19,22)(H,20,24). The van der Waals surface area contributed by atoms with Gasteiger partial charge in [-0.3, -0.25) is 14.5 Å². The number of urea groups is 1. The van der Waals surface area contributed by atoms with Gasteiger partial charge in [-0.05, 0) is 30.9 Å². The molecule has 6 nitrogen and oxygen atoms in total. The summed E-state index contributed by atoms with van der Waals surface area (Å²) in [4.78, 5) is 39.5. The number of hydrogen-bond acceptors (Lipinski definition) is 4. The summed E-state index contributed by atoms with van der Waals surface area (Å²) in [7, 11) is 0. The van der Waals surface area contributed by atoms with Crippen molar-refractivity contribution in [2.75, 3.05) is 12.3 Å². The fourth-order valence-electron chi connectivity index (χ4n) is 4.01. The van der Waals surface area contributed by atoms with Crippen LogP contribution in [0.1, 0.15) is 43.7 Å². The fraction of sp³-hybridized carbons (Fsp3) is 0.500. The minimum atomic E-state index is -0.758. The number of imide groups is 1. The molecule has 7 heteroatoms. The summed E-state index contributed by atoms with van der Waals surface area (Å²) in [5, 5.41) is 5.80. The number of hydrogen-bond donors (Lipinski definition) is 2. The molecule has 2 aliphatic heterocycles. The molecule has 2 fully saturated rings. The molecule has 0 radical (unpaired) electrons. The lowest BCUT2D eigenvalue weighted by molar-refractivity contribution is -0.135. The number of carbonyl (C=O) groups excluding carboxylic acids is 3. The summed E-state index contributed by atoms with van der Waals surface area (Å²) in [6.07, 6.45) is 4.05. The molecule has 1 spiro atoms. The van der Waals surface area contributed by atoms with Crippen LogP contribution in [0.25, 0.3) is 0 Å². The number of amides is 4. The van der Waals surface area contributed by atoms with Gasteiger partial charge in [0.05, 0.1) is 6.04 Å². The minimum absolute atomic E-state index is 0.0637. The Bertz CT molecular complexity index is 730. The van der Waals surface area contributed by atoms with Crippen molar-refractivity contribution in [1.82, 2.24) is 15.5 Å². The Morgan fingerprint density at radius 3 is 2.84 bits per heavy atom. The molecule has 0 bridgehead atoms. The highest BCUT2D eigenvalue weighted by Gasteiger charge is 2.52. The van der Waals surface area contributed by atoms with Crippen molar-refractivity contribution in [2.24, 2.45) is 0 Å². The lowest BCUT2D eigenvalue weighted by atomic mass is 9.98. The van der Waals surface area contributed by atoms with Gasteiger partial charge in [0.25, 0.3) is 5.91 Å². The second kappa shape index (κ2) is 6.37. The highest BCUT2D eigenvalue weighted by molar-refractivity contribution is 7.99. The summed E-state index contributed by atoms with van der Waals surface area (Å²) in [6, 6.07) is 7.52. The van der Waals surface area contributed by atoms with Crippen LogP contribution in [-0.4, -0.2) is 40.6 Å². The van der Waals surface area contributed by atoms with Gasteiger partial charge in [-0.25, -0.2) is 4.79 Å². The molecule has 1 atom stereocenters. The number of rotatable bonds is 3. The van der Waals surface area contributed by atoms with Crippen LogP contribution in [0, 0.1) is 0 Å². The van der Waals surface area contributed by atoms with E-state index in [9.17, 15) is 14.4 Å². The minimum Gasteiger partial charge on any atom is -0.348 e. The molecule has 0 aromatic heterocycles. The molecule has 1 aliphatic carbocycles. The van der Waals surface area contributed by atoms with E-state index >= 15 is 0 Å². The van der Waals surface area contributed by atoms with Crippen molar-refractivity contribution in [2.45, 2.75) is 48.6 Å². The normalized spacial score (nSPS) is 24.3. The van der Waals surface area contributed by atoms with Crippen LogP contribution in [0.5, 0.6) is 0 Å². The van der Waals surface area contributed by atoms with Gasteiger partial charge in [0.1, 0.15) is 12.1 Å². The molecule has 1 aromatic rings. The highest BCUT2D eigenvalue weighted by Crippen LogP contribution is 2.36. The first-order valence-electron chi connectivity index (χ1n) is 8.74. The maximum Gasteiger partial charge on any atom is 0.325 e. The van der Waals surface area contributed by atoms with E-state index in [2.05, 4.69) is 16.7 Å². The topological polar surface area (TPSA) is 78.5 Å². The number of fused-ring (bicyclic) bond motifs is 1. The van der Waals surface area contributed by atoms with E-state index in [0.717, 1.165) is 35.5 Å². The molecule has 1 saturated carbocycles. The van der Waals surface area contributed by atoms with Crippen molar-refractivity contribution < 1.29 is 14.4 Å². The van der Waals surface area contributed by atoms with Crippen LogP contribution >= 0.6 is 11.8 Å². The Labute approximate surface area is 150 Å². The Morgan fingerprint density at radius 1 is 1.28 bits per heavy atom. The van der Waals surface area contributed by atoms with Gasteiger partial charge in [0, 0.05) is 10.6 Å². The Balaban J connectivity index is 1.43. The zero-order valence-corrected chi connectivity index (χ0v) is 14.7. The van der Waals surface area contributed by atoms with E-state index in [4.69, 9.17) is 0 Å². The lowest BCUT2D eigenvalue weighted by Crippen LogP contribution is -2.45. The SMILES string of the molecule is O=C(CN1C(=O)NC2(CCCC2)C1=O)NC1CCSc2ccccc21. The zero-order valence-electron chi connectivity index (χ0n) is 13.9. The number of carbonyl (C=O) groups is 3. The van der Waals surface area contributed by atoms with Gasteiger partial charge in [-0.15, -0.1) is 11.8 Å². The first-order chi connectivity index (χ1) is 12.1. The summed E-state index contributed by atoms with van der Waals surface area (Å²) < 4.78 is 0. The molecule has 2 N–H and O–H groups in total. The third-order valence-corrected chi connectivity index (χ3v) is 6.42. The Kier molecular flexibility index (Phi) is 4.19. The van der Waals surface area contributed by atoms with Gasteiger partial charge >= 0.3 is 6.03 Å². The molecule has 132 valence electrons. The van der Waals surface area contributed by atoms with Crippen molar-refractivity contribution in [3.05, 3.63) is 29.8 Å². The quantitative estimate of drug-likeness (QED) is 0.811.